The van der Waals surface area contributed by atoms with Gasteiger partial charge in [0.2, 0.25) is 5.91 Å². The third kappa shape index (κ3) is 4.08. The average molecular weight is 429 g/mol. The van der Waals surface area contributed by atoms with Gasteiger partial charge in [-0.25, -0.2) is 9.18 Å². The number of hydrogen-bond donors (Lipinski definition) is 2. The molecular formula is C26H24FN3O2. The number of nitrogens with one attached hydrogen (secondary N) is 2. The zero-order chi connectivity index (χ0) is 22.1. The average Bonchev–Trinajstić information content (AvgIpc) is 3.24. The SMILES string of the molecule is O=C(Nc1ccc(F)cc1)Nc1cccc2c1CCN(C(=O)C1Cc3ccccc3C1)C2. The van der Waals surface area contributed by atoms with Gasteiger partial charge in [-0.15, -0.1) is 0 Å². The largest absolute Gasteiger partial charge is 0.338 e. The minimum Gasteiger partial charge on any atom is -0.338 e. The second-order valence-electron chi connectivity index (χ2n) is 8.41. The van der Waals surface area contributed by atoms with E-state index in [1.54, 1.807) is 0 Å². The van der Waals surface area contributed by atoms with E-state index in [0.29, 0.717) is 25.2 Å². The number of nitrogens with zero attached hydrogens (tertiary/aromatic N) is 1. The summed E-state index contributed by atoms with van der Waals surface area (Å²) < 4.78 is 13.1. The summed E-state index contributed by atoms with van der Waals surface area (Å²) in [6, 6.07) is 19.3. The molecule has 0 saturated carbocycles. The zero-order valence-electron chi connectivity index (χ0n) is 17.6. The summed E-state index contributed by atoms with van der Waals surface area (Å²) >= 11 is 0. The Morgan fingerprint density at radius 1 is 0.844 bits per heavy atom. The first-order chi connectivity index (χ1) is 15.6. The highest BCUT2D eigenvalue weighted by molar-refractivity contribution is 6.00. The van der Waals surface area contributed by atoms with E-state index in [1.165, 1.54) is 35.4 Å². The fourth-order valence-electron chi connectivity index (χ4n) is 4.72. The van der Waals surface area contributed by atoms with Crippen LogP contribution in [0, 0.1) is 11.7 Å². The Hall–Kier alpha value is -3.67. The smallest absolute Gasteiger partial charge is 0.323 e. The lowest BCUT2D eigenvalue weighted by atomic mass is 9.95. The third-order valence-corrected chi connectivity index (χ3v) is 6.33. The van der Waals surface area contributed by atoms with Crippen molar-refractivity contribution in [1.82, 2.24) is 4.90 Å². The molecule has 0 saturated heterocycles. The van der Waals surface area contributed by atoms with E-state index in [1.807, 2.05) is 35.2 Å². The number of benzene rings is 3. The standard InChI is InChI=1S/C26H24FN3O2/c27-21-8-10-22(11-9-21)28-26(32)29-24-7-3-6-19-16-30(13-12-23(19)24)25(31)20-14-17-4-1-2-5-18(17)15-20/h1-11,20H,12-16H2,(H2,28,29,32). The van der Waals surface area contributed by atoms with Crippen molar-refractivity contribution in [2.75, 3.05) is 17.2 Å². The van der Waals surface area contributed by atoms with Crippen LogP contribution in [0.1, 0.15) is 22.3 Å². The number of anilines is 2. The van der Waals surface area contributed by atoms with Crippen molar-refractivity contribution in [1.29, 1.82) is 0 Å². The van der Waals surface area contributed by atoms with Gasteiger partial charge in [-0.1, -0.05) is 36.4 Å². The van der Waals surface area contributed by atoms with Crippen LogP contribution in [0.4, 0.5) is 20.6 Å². The lowest BCUT2D eigenvalue weighted by molar-refractivity contribution is -0.136. The third-order valence-electron chi connectivity index (χ3n) is 6.33. The van der Waals surface area contributed by atoms with Crippen molar-refractivity contribution in [3.63, 3.8) is 0 Å². The van der Waals surface area contributed by atoms with Gasteiger partial charge in [0.1, 0.15) is 5.82 Å². The highest BCUT2D eigenvalue weighted by Crippen LogP contribution is 2.31. The number of rotatable bonds is 3. The topological polar surface area (TPSA) is 61.4 Å². The van der Waals surface area contributed by atoms with Crippen LogP contribution >= 0.6 is 0 Å². The number of carbonyl (C=O) groups excluding carboxylic acids is 2. The molecule has 0 fully saturated rings. The molecule has 6 heteroatoms. The summed E-state index contributed by atoms with van der Waals surface area (Å²) in [5, 5.41) is 5.61. The molecule has 3 aromatic carbocycles. The van der Waals surface area contributed by atoms with Crippen LogP contribution in [-0.2, 0) is 30.6 Å². The van der Waals surface area contributed by atoms with E-state index in [4.69, 9.17) is 0 Å². The molecule has 162 valence electrons. The summed E-state index contributed by atoms with van der Waals surface area (Å²) in [5.74, 6) is -0.135. The van der Waals surface area contributed by atoms with Crippen molar-refractivity contribution in [3.05, 3.63) is 94.8 Å². The minimum atomic E-state index is -0.382. The molecular weight excluding hydrogens is 405 g/mol. The molecule has 0 bridgehead atoms. The first-order valence-electron chi connectivity index (χ1n) is 10.9. The van der Waals surface area contributed by atoms with Gasteiger partial charge in [-0.05, 0) is 71.8 Å². The van der Waals surface area contributed by atoms with Gasteiger partial charge in [0.15, 0.2) is 0 Å². The molecule has 1 aliphatic carbocycles. The van der Waals surface area contributed by atoms with Crippen molar-refractivity contribution in [2.24, 2.45) is 5.92 Å². The number of halogens is 1. The molecule has 32 heavy (non-hydrogen) atoms. The predicted octanol–water partition coefficient (Wildman–Crippen LogP) is 4.77. The monoisotopic (exact) mass is 429 g/mol. The molecule has 5 nitrogen and oxygen atoms in total. The Morgan fingerprint density at radius 2 is 1.53 bits per heavy atom. The Labute approximate surface area is 186 Å². The predicted molar refractivity (Wildman–Crippen MR) is 122 cm³/mol. The fraction of sp³-hybridized carbons (Fsp3) is 0.231. The van der Waals surface area contributed by atoms with Crippen molar-refractivity contribution >= 4 is 23.3 Å². The van der Waals surface area contributed by atoms with Gasteiger partial charge < -0.3 is 15.5 Å². The van der Waals surface area contributed by atoms with E-state index in [9.17, 15) is 14.0 Å². The van der Waals surface area contributed by atoms with Crippen LogP contribution in [0.2, 0.25) is 0 Å². The summed E-state index contributed by atoms with van der Waals surface area (Å²) in [6.45, 7) is 1.19. The molecule has 0 aromatic heterocycles. The van der Waals surface area contributed by atoms with Crippen LogP contribution in [0.3, 0.4) is 0 Å². The molecule has 0 spiro atoms. The summed E-state index contributed by atoms with van der Waals surface area (Å²) in [5.41, 5.74) is 5.93. The molecule has 5 rings (SSSR count). The quantitative estimate of drug-likeness (QED) is 0.630. The maximum absolute atomic E-state index is 13.2. The Morgan fingerprint density at radius 3 is 2.25 bits per heavy atom. The maximum atomic E-state index is 13.2. The second kappa shape index (κ2) is 8.46. The van der Waals surface area contributed by atoms with E-state index in [0.717, 1.165) is 29.7 Å². The van der Waals surface area contributed by atoms with Gasteiger partial charge in [-0.2, -0.15) is 0 Å². The van der Waals surface area contributed by atoms with Crippen molar-refractivity contribution in [2.45, 2.75) is 25.8 Å². The number of fused-ring (bicyclic) bond motifs is 2. The van der Waals surface area contributed by atoms with Crippen LogP contribution in [-0.4, -0.2) is 23.4 Å². The number of urea groups is 1. The zero-order valence-corrected chi connectivity index (χ0v) is 17.6. The lowest BCUT2D eigenvalue weighted by Gasteiger charge is -2.32. The normalized spacial score (nSPS) is 15.1. The van der Waals surface area contributed by atoms with Crippen LogP contribution in [0.5, 0.6) is 0 Å². The molecule has 1 aliphatic heterocycles. The summed E-state index contributed by atoms with van der Waals surface area (Å²) in [4.78, 5) is 27.6. The second-order valence-corrected chi connectivity index (χ2v) is 8.41. The van der Waals surface area contributed by atoms with Crippen molar-refractivity contribution < 1.29 is 14.0 Å². The molecule has 2 aliphatic rings. The lowest BCUT2D eigenvalue weighted by Crippen LogP contribution is -2.40. The number of carbonyl (C=O) groups is 2. The fourth-order valence-corrected chi connectivity index (χ4v) is 4.72. The van der Waals surface area contributed by atoms with E-state index < -0.39 is 0 Å². The van der Waals surface area contributed by atoms with Gasteiger partial charge >= 0.3 is 6.03 Å². The molecule has 3 amide bonds. The molecule has 1 heterocycles. The Kier molecular flexibility index (Phi) is 5.35. The molecule has 0 atom stereocenters. The van der Waals surface area contributed by atoms with Crippen molar-refractivity contribution in [3.8, 4) is 0 Å². The highest BCUT2D eigenvalue weighted by Gasteiger charge is 2.32. The number of hydrogen-bond acceptors (Lipinski definition) is 2. The van der Waals surface area contributed by atoms with Crippen LogP contribution in [0.25, 0.3) is 0 Å². The molecule has 0 unspecified atom stereocenters. The van der Waals surface area contributed by atoms with E-state index >= 15 is 0 Å². The molecule has 0 radical (unpaired) electrons. The number of amides is 3. The van der Waals surface area contributed by atoms with E-state index in [-0.39, 0.29) is 23.7 Å². The first kappa shape index (κ1) is 20.2. The highest BCUT2D eigenvalue weighted by atomic mass is 19.1. The maximum Gasteiger partial charge on any atom is 0.323 e. The Bertz CT molecular complexity index is 1150. The van der Waals surface area contributed by atoms with Crippen LogP contribution in [0.15, 0.2) is 66.7 Å². The van der Waals surface area contributed by atoms with E-state index in [2.05, 4.69) is 22.8 Å². The molecule has 2 N–H and O–H groups in total. The van der Waals surface area contributed by atoms with Gasteiger partial charge in [0, 0.05) is 30.4 Å². The summed E-state index contributed by atoms with van der Waals surface area (Å²) in [6.07, 6.45) is 2.31. The minimum absolute atomic E-state index is 0.0109. The van der Waals surface area contributed by atoms with Crippen LogP contribution < -0.4 is 10.6 Å². The molecule has 3 aromatic rings. The van der Waals surface area contributed by atoms with Gasteiger partial charge in [-0.3, -0.25) is 4.79 Å². The Balaban J connectivity index is 1.25. The van der Waals surface area contributed by atoms with Gasteiger partial charge in [0.25, 0.3) is 0 Å². The van der Waals surface area contributed by atoms with Gasteiger partial charge in [0.05, 0.1) is 0 Å². The summed E-state index contributed by atoms with van der Waals surface area (Å²) in [7, 11) is 0. The first-order valence-corrected chi connectivity index (χ1v) is 10.9.